The molecule has 1 atom stereocenters. The summed E-state index contributed by atoms with van der Waals surface area (Å²) in [5.41, 5.74) is 0.719. The van der Waals surface area contributed by atoms with Crippen LogP contribution in [0.15, 0.2) is 12.1 Å². The molecular formula is C19H25F3N4O. The maximum Gasteiger partial charge on any atom is 0.433 e. The number of hydrogen-bond acceptors (Lipinski definition) is 4. The van der Waals surface area contributed by atoms with Crippen LogP contribution in [-0.2, 0) is 17.3 Å². The first kappa shape index (κ1) is 18.7. The molecule has 8 heteroatoms. The SMILES string of the molecule is CCc1cc(C(F)(F)F)n2nc(C3CCN(CC4CCOC4)CC3)cc2n1. The predicted molar refractivity (Wildman–Crippen MR) is 94.7 cm³/mol. The second kappa shape index (κ2) is 7.39. The third-order valence-corrected chi connectivity index (χ3v) is 5.70. The van der Waals surface area contributed by atoms with Gasteiger partial charge >= 0.3 is 6.18 Å². The fraction of sp³-hybridized carbons (Fsp3) is 0.684. The van der Waals surface area contributed by atoms with Crippen molar-refractivity contribution in [3.05, 3.63) is 29.2 Å². The molecule has 2 aromatic heterocycles. The van der Waals surface area contributed by atoms with E-state index in [1.54, 1.807) is 13.0 Å². The maximum absolute atomic E-state index is 13.4. The molecule has 2 aromatic rings. The van der Waals surface area contributed by atoms with E-state index in [-0.39, 0.29) is 5.92 Å². The van der Waals surface area contributed by atoms with Gasteiger partial charge in [-0.2, -0.15) is 18.3 Å². The third-order valence-electron chi connectivity index (χ3n) is 5.70. The maximum atomic E-state index is 13.4. The Morgan fingerprint density at radius 1 is 1.19 bits per heavy atom. The summed E-state index contributed by atoms with van der Waals surface area (Å²) in [6.07, 6.45) is -1.03. The van der Waals surface area contributed by atoms with Crippen molar-refractivity contribution in [3.63, 3.8) is 0 Å². The van der Waals surface area contributed by atoms with Crippen molar-refractivity contribution in [2.45, 2.75) is 44.7 Å². The van der Waals surface area contributed by atoms with Crippen LogP contribution in [0, 0.1) is 5.92 Å². The topological polar surface area (TPSA) is 42.7 Å². The van der Waals surface area contributed by atoms with E-state index in [9.17, 15) is 13.2 Å². The van der Waals surface area contributed by atoms with Crippen LogP contribution in [-0.4, -0.2) is 52.3 Å². The molecule has 0 bridgehead atoms. The minimum atomic E-state index is -4.44. The number of rotatable bonds is 4. The minimum Gasteiger partial charge on any atom is -0.381 e. The van der Waals surface area contributed by atoms with E-state index >= 15 is 0 Å². The summed E-state index contributed by atoms with van der Waals surface area (Å²) in [4.78, 5) is 6.79. The highest BCUT2D eigenvalue weighted by molar-refractivity contribution is 5.43. The van der Waals surface area contributed by atoms with Gasteiger partial charge in [0, 0.05) is 30.8 Å². The molecule has 0 N–H and O–H groups in total. The normalized spacial score (nSPS) is 22.7. The molecule has 4 rings (SSSR count). The van der Waals surface area contributed by atoms with E-state index in [0.717, 1.165) is 68.4 Å². The molecule has 0 saturated carbocycles. The fourth-order valence-electron chi connectivity index (χ4n) is 4.13. The van der Waals surface area contributed by atoms with E-state index in [1.807, 2.05) is 0 Å². The molecule has 1 unspecified atom stereocenters. The molecule has 2 fully saturated rings. The summed E-state index contributed by atoms with van der Waals surface area (Å²) < 4.78 is 46.7. The lowest BCUT2D eigenvalue weighted by Crippen LogP contribution is -2.36. The van der Waals surface area contributed by atoms with Crippen molar-refractivity contribution in [2.75, 3.05) is 32.8 Å². The second-order valence-corrected chi connectivity index (χ2v) is 7.63. The quantitative estimate of drug-likeness (QED) is 0.811. The van der Waals surface area contributed by atoms with Crippen molar-refractivity contribution in [1.29, 1.82) is 0 Å². The molecule has 0 aliphatic carbocycles. The molecule has 0 radical (unpaired) electrons. The number of hydrogen-bond donors (Lipinski definition) is 0. The summed E-state index contributed by atoms with van der Waals surface area (Å²) >= 11 is 0. The van der Waals surface area contributed by atoms with Gasteiger partial charge in [0.2, 0.25) is 0 Å². The van der Waals surface area contributed by atoms with Crippen LogP contribution in [0.2, 0.25) is 0 Å². The highest BCUT2D eigenvalue weighted by atomic mass is 19.4. The van der Waals surface area contributed by atoms with Gasteiger partial charge in [-0.3, -0.25) is 0 Å². The van der Waals surface area contributed by atoms with Gasteiger partial charge < -0.3 is 9.64 Å². The molecular weight excluding hydrogens is 357 g/mol. The van der Waals surface area contributed by atoms with E-state index in [4.69, 9.17) is 4.74 Å². The van der Waals surface area contributed by atoms with Crippen LogP contribution in [0.25, 0.3) is 5.65 Å². The lowest BCUT2D eigenvalue weighted by atomic mass is 9.93. The van der Waals surface area contributed by atoms with Gasteiger partial charge in [-0.15, -0.1) is 0 Å². The number of halogens is 3. The van der Waals surface area contributed by atoms with Crippen LogP contribution in [0.1, 0.15) is 49.2 Å². The Bertz CT molecular complexity index is 790. The Hall–Kier alpha value is -1.67. The number of fused-ring (bicyclic) bond motifs is 1. The molecule has 2 aliphatic rings. The van der Waals surface area contributed by atoms with Gasteiger partial charge in [0.1, 0.15) is 5.69 Å². The number of alkyl halides is 3. The first-order valence-corrected chi connectivity index (χ1v) is 9.71. The predicted octanol–water partition coefficient (Wildman–Crippen LogP) is 3.53. The Morgan fingerprint density at radius 2 is 1.96 bits per heavy atom. The molecule has 2 saturated heterocycles. The summed E-state index contributed by atoms with van der Waals surface area (Å²) in [7, 11) is 0. The average Bonchev–Trinajstić information content (AvgIpc) is 3.29. The van der Waals surface area contributed by atoms with Crippen molar-refractivity contribution in [1.82, 2.24) is 19.5 Å². The number of aromatic nitrogens is 3. The summed E-state index contributed by atoms with van der Waals surface area (Å²) in [6.45, 7) is 6.47. The Morgan fingerprint density at radius 3 is 2.59 bits per heavy atom. The van der Waals surface area contributed by atoms with Gasteiger partial charge in [0.25, 0.3) is 0 Å². The molecule has 5 nitrogen and oxygen atoms in total. The fourth-order valence-corrected chi connectivity index (χ4v) is 4.13. The van der Waals surface area contributed by atoms with Gasteiger partial charge in [0.15, 0.2) is 5.65 Å². The zero-order chi connectivity index (χ0) is 19.0. The first-order chi connectivity index (χ1) is 12.9. The zero-order valence-corrected chi connectivity index (χ0v) is 15.5. The van der Waals surface area contributed by atoms with Gasteiger partial charge in [-0.1, -0.05) is 6.92 Å². The van der Waals surface area contributed by atoms with Gasteiger partial charge in [0.05, 0.1) is 12.3 Å². The number of piperidine rings is 1. The molecule has 0 amide bonds. The Labute approximate surface area is 156 Å². The Balaban J connectivity index is 1.51. The smallest absolute Gasteiger partial charge is 0.381 e. The molecule has 148 valence electrons. The standard InChI is InChI=1S/C19H25F3N4O/c1-2-15-9-17(19(20,21)22)26-18(23-15)10-16(24-26)14-3-6-25(7-4-14)11-13-5-8-27-12-13/h9-10,13-14H,2-8,11-12H2,1H3. The Kier molecular flexibility index (Phi) is 5.11. The largest absolute Gasteiger partial charge is 0.433 e. The van der Waals surface area contributed by atoms with Crippen molar-refractivity contribution >= 4 is 5.65 Å². The third kappa shape index (κ3) is 3.96. The number of ether oxygens (including phenoxy) is 1. The van der Waals surface area contributed by atoms with Crippen molar-refractivity contribution < 1.29 is 17.9 Å². The number of aryl methyl sites for hydroxylation is 1. The van der Waals surface area contributed by atoms with Crippen LogP contribution < -0.4 is 0 Å². The van der Waals surface area contributed by atoms with Crippen LogP contribution >= 0.6 is 0 Å². The summed E-state index contributed by atoms with van der Waals surface area (Å²) in [5.74, 6) is 0.802. The van der Waals surface area contributed by atoms with Crippen molar-refractivity contribution in [2.24, 2.45) is 5.92 Å². The average molecular weight is 382 g/mol. The van der Waals surface area contributed by atoms with Crippen molar-refractivity contribution in [3.8, 4) is 0 Å². The first-order valence-electron chi connectivity index (χ1n) is 9.71. The molecule has 0 aromatic carbocycles. The molecule has 4 heterocycles. The molecule has 2 aliphatic heterocycles. The van der Waals surface area contributed by atoms with E-state index in [2.05, 4.69) is 15.0 Å². The van der Waals surface area contributed by atoms with Gasteiger partial charge in [-0.25, -0.2) is 9.50 Å². The highest BCUT2D eigenvalue weighted by Crippen LogP contribution is 2.33. The molecule has 27 heavy (non-hydrogen) atoms. The number of likely N-dealkylation sites (tertiary alicyclic amines) is 1. The van der Waals surface area contributed by atoms with E-state index in [1.165, 1.54) is 0 Å². The van der Waals surface area contributed by atoms with Crippen LogP contribution in [0.4, 0.5) is 13.2 Å². The van der Waals surface area contributed by atoms with Gasteiger partial charge in [-0.05, 0) is 50.8 Å². The minimum absolute atomic E-state index is 0.189. The summed E-state index contributed by atoms with van der Waals surface area (Å²) in [6, 6.07) is 2.84. The van der Waals surface area contributed by atoms with E-state index < -0.39 is 11.9 Å². The van der Waals surface area contributed by atoms with E-state index in [0.29, 0.717) is 23.7 Å². The second-order valence-electron chi connectivity index (χ2n) is 7.63. The highest BCUT2D eigenvalue weighted by Gasteiger charge is 2.35. The monoisotopic (exact) mass is 382 g/mol. The van der Waals surface area contributed by atoms with Crippen LogP contribution in [0.5, 0.6) is 0 Å². The lowest BCUT2D eigenvalue weighted by Gasteiger charge is -2.32. The lowest BCUT2D eigenvalue weighted by molar-refractivity contribution is -0.142. The molecule has 0 spiro atoms. The summed E-state index contributed by atoms with van der Waals surface area (Å²) in [5, 5.41) is 4.30. The zero-order valence-electron chi connectivity index (χ0n) is 15.5. The van der Waals surface area contributed by atoms with Crippen LogP contribution in [0.3, 0.4) is 0 Å². The number of nitrogens with zero attached hydrogens (tertiary/aromatic N) is 4.